The number of anilines is 5. The molecule has 0 bridgehead atoms. The van der Waals surface area contributed by atoms with Gasteiger partial charge in [0.2, 0.25) is 5.95 Å². The van der Waals surface area contributed by atoms with Crippen LogP contribution in [0.15, 0.2) is 48.7 Å². The Kier molecular flexibility index (Phi) is 5.60. The number of aromatic nitrogens is 3. The number of benzene rings is 2. The van der Waals surface area contributed by atoms with Gasteiger partial charge in [-0.2, -0.15) is 10.1 Å². The summed E-state index contributed by atoms with van der Waals surface area (Å²) >= 11 is 0. The van der Waals surface area contributed by atoms with Crippen LogP contribution in [0, 0.1) is 19.8 Å². The van der Waals surface area contributed by atoms with E-state index in [4.69, 9.17) is 0 Å². The number of aryl methyl sites for hydroxylation is 2. The van der Waals surface area contributed by atoms with Crippen molar-refractivity contribution >= 4 is 28.8 Å². The summed E-state index contributed by atoms with van der Waals surface area (Å²) in [5.74, 6) is 1.97. The molecule has 0 spiro atoms. The largest absolute Gasteiger partial charge is 0.372 e. The monoisotopic (exact) mass is 388 g/mol. The molecule has 0 unspecified atom stereocenters. The van der Waals surface area contributed by atoms with Crippen LogP contribution in [0.4, 0.5) is 28.8 Å². The molecule has 1 aromatic heterocycles. The normalized spacial score (nSPS) is 14.7. The zero-order valence-electron chi connectivity index (χ0n) is 17.3. The highest BCUT2D eigenvalue weighted by atomic mass is 15.3. The van der Waals surface area contributed by atoms with Crippen LogP contribution in [0.5, 0.6) is 0 Å². The molecule has 6 heteroatoms. The van der Waals surface area contributed by atoms with Crippen molar-refractivity contribution < 1.29 is 0 Å². The molecular weight excluding hydrogens is 360 g/mol. The van der Waals surface area contributed by atoms with E-state index in [0.29, 0.717) is 11.8 Å². The van der Waals surface area contributed by atoms with Crippen LogP contribution in [0.3, 0.4) is 0 Å². The number of hydrogen-bond acceptors (Lipinski definition) is 6. The molecule has 2 heterocycles. The Morgan fingerprint density at radius 2 is 1.59 bits per heavy atom. The summed E-state index contributed by atoms with van der Waals surface area (Å²) < 4.78 is 0. The molecule has 1 saturated heterocycles. The molecule has 2 N–H and O–H groups in total. The van der Waals surface area contributed by atoms with Crippen molar-refractivity contribution in [1.82, 2.24) is 15.2 Å². The van der Waals surface area contributed by atoms with Crippen LogP contribution in [0.2, 0.25) is 0 Å². The molecule has 1 aliphatic heterocycles. The second kappa shape index (κ2) is 8.47. The number of piperidine rings is 1. The standard InChI is InChI=1S/C23H28N6/c1-16-8-10-29(11-9-16)21-6-4-19(5-7-21)25-22-15-24-28-23(27-22)26-20-13-17(2)12-18(3)14-20/h4-7,12-16H,8-11H2,1-3H3,(H2,25,26,27,28). The summed E-state index contributed by atoms with van der Waals surface area (Å²) in [4.78, 5) is 7.00. The van der Waals surface area contributed by atoms with Gasteiger partial charge in [-0.25, -0.2) is 0 Å². The molecule has 1 fully saturated rings. The fourth-order valence-corrected chi connectivity index (χ4v) is 3.76. The highest BCUT2D eigenvalue weighted by Crippen LogP contribution is 2.25. The van der Waals surface area contributed by atoms with Gasteiger partial charge in [0.25, 0.3) is 0 Å². The third-order valence-electron chi connectivity index (χ3n) is 5.33. The summed E-state index contributed by atoms with van der Waals surface area (Å²) in [6, 6.07) is 14.8. The average molecular weight is 389 g/mol. The second-order valence-electron chi connectivity index (χ2n) is 8.01. The van der Waals surface area contributed by atoms with Crippen LogP contribution in [-0.4, -0.2) is 28.3 Å². The zero-order chi connectivity index (χ0) is 20.2. The predicted molar refractivity (Wildman–Crippen MR) is 119 cm³/mol. The average Bonchev–Trinajstić information content (AvgIpc) is 2.69. The van der Waals surface area contributed by atoms with Crippen molar-refractivity contribution in [3.05, 3.63) is 59.8 Å². The van der Waals surface area contributed by atoms with Crippen LogP contribution in [0.1, 0.15) is 30.9 Å². The molecule has 1 aliphatic rings. The summed E-state index contributed by atoms with van der Waals surface area (Å²) in [6.45, 7) is 8.75. The molecular formula is C23H28N6. The summed E-state index contributed by atoms with van der Waals surface area (Å²) in [5.41, 5.74) is 5.61. The molecule has 0 aliphatic carbocycles. The van der Waals surface area contributed by atoms with Crippen molar-refractivity contribution in [3.8, 4) is 0 Å². The van der Waals surface area contributed by atoms with Gasteiger partial charge in [0, 0.05) is 30.2 Å². The lowest BCUT2D eigenvalue weighted by atomic mass is 9.99. The Morgan fingerprint density at radius 3 is 2.28 bits per heavy atom. The lowest BCUT2D eigenvalue weighted by Crippen LogP contribution is -2.32. The van der Waals surface area contributed by atoms with Crippen LogP contribution in [0.25, 0.3) is 0 Å². The summed E-state index contributed by atoms with van der Waals surface area (Å²) in [6.07, 6.45) is 4.16. The fourth-order valence-electron chi connectivity index (χ4n) is 3.76. The van der Waals surface area contributed by atoms with E-state index in [-0.39, 0.29) is 0 Å². The Hall–Kier alpha value is -3.15. The quantitative estimate of drug-likeness (QED) is 0.625. The van der Waals surface area contributed by atoms with Crippen molar-refractivity contribution in [2.24, 2.45) is 5.92 Å². The molecule has 2 aromatic carbocycles. The van der Waals surface area contributed by atoms with Gasteiger partial charge >= 0.3 is 0 Å². The first-order chi connectivity index (χ1) is 14.0. The number of nitrogens with zero attached hydrogens (tertiary/aromatic N) is 4. The van der Waals surface area contributed by atoms with Gasteiger partial charge in [-0.3, -0.25) is 0 Å². The Balaban J connectivity index is 1.42. The SMILES string of the molecule is Cc1cc(C)cc(Nc2nncc(Nc3ccc(N4CCC(C)CC4)cc3)n2)c1. The van der Waals surface area contributed by atoms with E-state index in [1.165, 1.54) is 29.7 Å². The van der Waals surface area contributed by atoms with Gasteiger partial charge in [0.1, 0.15) is 0 Å². The van der Waals surface area contributed by atoms with Gasteiger partial charge in [0.15, 0.2) is 5.82 Å². The van der Waals surface area contributed by atoms with Gasteiger partial charge in [0.05, 0.1) is 6.20 Å². The molecule has 0 saturated carbocycles. The van der Waals surface area contributed by atoms with E-state index < -0.39 is 0 Å². The first kappa shape index (κ1) is 19.2. The summed E-state index contributed by atoms with van der Waals surface area (Å²) in [5, 5.41) is 14.7. The number of hydrogen-bond donors (Lipinski definition) is 2. The third kappa shape index (κ3) is 5.02. The van der Waals surface area contributed by atoms with Crippen molar-refractivity contribution in [2.45, 2.75) is 33.6 Å². The van der Waals surface area contributed by atoms with E-state index in [0.717, 1.165) is 30.4 Å². The fraction of sp³-hybridized carbons (Fsp3) is 0.348. The highest BCUT2D eigenvalue weighted by molar-refractivity contribution is 5.62. The first-order valence-corrected chi connectivity index (χ1v) is 10.2. The zero-order valence-corrected chi connectivity index (χ0v) is 17.3. The molecule has 0 amide bonds. The topological polar surface area (TPSA) is 66.0 Å². The van der Waals surface area contributed by atoms with Crippen LogP contribution < -0.4 is 15.5 Å². The van der Waals surface area contributed by atoms with E-state index in [1.807, 2.05) is 0 Å². The van der Waals surface area contributed by atoms with Gasteiger partial charge in [-0.1, -0.05) is 13.0 Å². The van der Waals surface area contributed by atoms with Gasteiger partial charge in [-0.15, -0.1) is 5.10 Å². The molecule has 150 valence electrons. The van der Waals surface area contributed by atoms with E-state index >= 15 is 0 Å². The molecule has 4 rings (SSSR count). The van der Waals surface area contributed by atoms with E-state index in [1.54, 1.807) is 6.20 Å². The Bertz CT molecular complexity index is 941. The molecule has 0 atom stereocenters. The lowest BCUT2D eigenvalue weighted by molar-refractivity contribution is 0.438. The molecule has 6 nitrogen and oxygen atoms in total. The maximum Gasteiger partial charge on any atom is 0.249 e. The molecule has 29 heavy (non-hydrogen) atoms. The van der Waals surface area contributed by atoms with Crippen LogP contribution >= 0.6 is 0 Å². The van der Waals surface area contributed by atoms with Gasteiger partial charge < -0.3 is 15.5 Å². The third-order valence-corrected chi connectivity index (χ3v) is 5.33. The molecule has 3 aromatic rings. The first-order valence-electron chi connectivity index (χ1n) is 10.2. The van der Waals surface area contributed by atoms with Crippen molar-refractivity contribution in [2.75, 3.05) is 28.6 Å². The van der Waals surface area contributed by atoms with Gasteiger partial charge in [-0.05, 0) is 80.1 Å². The minimum absolute atomic E-state index is 0.471. The Morgan fingerprint density at radius 1 is 0.897 bits per heavy atom. The van der Waals surface area contributed by atoms with Crippen LogP contribution in [-0.2, 0) is 0 Å². The molecule has 0 radical (unpaired) electrons. The smallest absolute Gasteiger partial charge is 0.249 e. The van der Waals surface area contributed by atoms with Crippen molar-refractivity contribution in [1.29, 1.82) is 0 Å². The van der Waals surface area contributed by atoms with E-state index in [2.05, 4.69) is 94.0 Å². The number of rotatable bonds is 5. The van der Waals surface area contributed by atoms with E-state index in [9.17, 15) is 0 Å². The maximum atomic E-state index is 4.54. The highest BCUT2D eigenvalue weighted by Gasteiger charge is 2.15. The Labute approximate surface area is 172 Å². The maximum absolute atomic E-state index is 4.54. The minimum Gasteiger partial charge on any atom is -0.372 e. The van der Waals surface area contributed by atoms with Crippen molar-refractivity contribution in [3.63, 3.8) is 0 Å². The predicted octanol–water partition coefficient (Wildman–Crippen LogP) is 5.21. The second-order valence-corrected chi connectivity index (χ2v) is 8.01. The summed E-state index contributed by atoms with van der Waals surface area (Å²) in [7, 11) is 0. The lowest BCUT2D eigenvalue weighted by Gasteiger charge is -2.32. The number of nitrogens with one attached hydrogen (secondary N) is 2. The minimum atomic E-state index is 0.471.